The van der Waals surface area contributed by atoms with Gasteiger partial charge in [-0.25, -0.2) is 4.39 Å². The molecule has 0 saturated carbocycles. The van der Waals surface area contributed by atoms with Gasteiger partial charge in [0.1, 0.15) is 5.82 Å². The summed E-state index contributed by atoms with van der Waals surface area (Å²) in [6.45, 7) is 2.85. The second-order valence-electron chi connectivity index (χ2n) is 7.30. The summed E-state index contributed by atoms with van der Waals surface area (Å²) < 4.78 is 41.5. The number of aromatic nitrogens is 1. The molecule has 7 nitrogen and oxygen atoms in total. The molecule has 2 aromatic rings. The Balaban J connectivity index is 1.75. The number of pyridine rings is 1. The number of fused-ring (bicyclic) bond motifs is 1. The van der Waals surface area contributed by atoms with Crippen molar-refractivity contribution in [2.45, 2.75) is 26.4 Å². The Hall–Kier alpha value is -2.62. The zero-order valence-corrected chi connectivity index (χ0v) is 18.0. The van der Waals surface area contributed by atoms with Crippen molar-refractivity contribution in [3.63, 3.8) is 0 Å². The third-order valence-electron chi connectivity index (χ3n) is 5.13. The topological polar surface area (TPSA) is 82.6 Å². The number of hydrogen-bond acceptors (Lipinski definition) is 4. The molecule has 1 amide bonds. The number of benzene rings is 1. The Morgan fingerprint density at radius 2 is 2.07 bits per heavy atom. The highest BCUT2D eigenvalue weighted by atomic mass is 32.2. The van der Waals surface area contributed by atoms with Gasteiger partial charge in [-0.1, -0.05) is 18.2 Å². The van der Waals surface area contributed by atoms with Crippen LogP contribution in [0.15, 0.2) is 36.5 Å². The molecule has 30 heavy (non-hydrogen) atoms. The fourth-order valence-electron chi connectivity index (χ4n) is 3.31. The van der Waals surface area contributed by atoms with Crippen LogP contribution in [-0.2, 0) is 34.5 Å². The Morgan fingerprint density at radius 3 is 2.77 bits per heavy atom. The van der Waals surface area contributed by atoms with Crippen LogP contribution in [0, 0.1) is 12.7 Å². The lowest BCUT2D eigenvalue weighted by molar-refractivity contribution is -0.126. The van der Waals surface area contributed by atoms with Gasteiger partial charge in [-0.3, -0.25) is 9.78 Å². The smallest absolute Gasteiger partial charge is 0.279 e. The van der Waals surface area contributed by atoms with Crippen molar-refractivity contribution in [3.05, 3.63) is 70.3 Å². The second kappa shape index (κ2) is 9.03. The summed E-state index contributed by atoms with van der Waals surface area (Å²) in [6, 6.07) is 6.27. The normalized spacial score (nSPS) is 14.4. The minimum Gasteiger partial charge on any atom is -0.334 e. The van der Waals surface area contributed by atoms with E-state index in [2.05, 4.69) is 9.71 Å². The average Bonchev–Trinajstić information content (AvgIpc) is 2.71. The van der Waals surface area contributed by atoms with Gasteiger partial charge in [0, 0.05) is 57.3 Å². The first-order chi connectivity index (χ1) is 14.2. The lowest BCUT2D eigenvalue weighted by Crippen LogP contribution is -2.37. The first-order valence-electron chi connectivity index (χ1n) is 9.54. The molecule has 0 spiro atoms. The van der Waals surface area contributed by atoms with Gasteiger partial charge < -0.3 is 4.90 Å². The summed E-state index contributed by atoms with van der Waals surface area (Å²) in [7, 11) is -0.621. The highest BCUT2D eigenvalue weighted by Crippen LogP contribution is 2.24. The van der Waals surface area contributed by atoms with Crippen LogP contribution >= 0.6 is 0 Å². The van der Waals surface area contributed by atoms with Gasteiger partial charge in [-0.05, 0) is 42.2 Å². The van der Waals surface area contributed by atoms with Crippen LogP contribution in [0.25, 0.3) is 6.08 Å². The fourth-order valence-corrected chi connectivity index (χ4v) is 3.90. The standard InChI is InChI=1S/C21H25FN4O3S/c1-15-19(13-24-30(28,29)25(2)3)18-10-11-26(14-17(18)12-23-15)21(27)9-8-16-6-4-5-7-20(16)22/h4-9,12,24H,10-11,13-14H2,1-3H3/b9-8+. The highest BCUT2D eigenvalue weighted by molar-refractivity contribution is 7.87. The molecule has 0 saturated heterocycles. The van der Waals surface area contributed by atoms with E-state index in [0.29, 0.717) is 25.1 Å². The van der Waals surface area contributed by atoms with E-state index in [4.69, 9.17) is 0 Å². The maximum absolute atomic E-state index is 13.7. The van der Waals surface area contributed by atoms with Gasteiger partial charge in [0.05, 0.1) is 0 Å². The van der Waals surface area contributed by atoms with Gasteiger partial charge in [0.2, 0.25) is 5.91 Å². The van der Waals surface area contributed by atoms with E-state index in [9.17, 15) is 17.6 Å². The van der Waals surface area contributed by atoms with E-state index in [1.165, 1.54) is 32.3 Å². The SMILES string of the molecule is Cc1ncc2c(c1CNS(=O)(=O)N(C)C)CCN(C(=O)/C=C/c1ccccc1F)C2. The largest absolute Gasteiger partial charge is 0.334 e. The van der Waals surface area contributed by atoms with E-state index in [-0.39, 0.29) is 18.3 Å². The Labute approximate surface area is 176 Å². The van der Waals surface area contributed by atoms with Gasteiger partial charge in [-0.15, -0.1) is 0 Å². The molecule has 1 aliphatic heterocycles. The molecular weight excluding hydrogens is 407 g/mol. The number of hydrogen-bond donors (Lipinski definition) is 1. The molecule has 1 aromatic heterocycles. The van der Waals surface area contributed by atoms with Crippen molar-refractivity contribution in [1.82, 2.24) is 18.9 Å². The predicted molar refractivity (Wildman–Crippen MR) is 113 cm³/mol. The second-order valence-corrected chi connectivity index (χ2v) is 9.27. The lowest BCUT2D eigenvalue weighted by atomic mass is 9.95. The predicted octanol–water partition coefficient (Wildman–Crippen LogP) is 2.02. The number of nitrogens with zero attached hydrogens (tertiary/aromatic N) is 3. The molecule has 1 aromatic carbocycles. The van der Waals surface area contributed by atoms with Gasteiger partial charge >= 0.3 is 0 Å². The van der Waals surface area contributed by atoms with Crippen LogP contribution in [0.1, 0.15) is 27.9 Å². The quantitative estimate of drug-likeness (QED) is 0.708. The van der Waals surface area contributed by atoms with Gasteiger partial charge in [0.15, 0.2) is 0 Å². The van der Waals surface area contributed by atoms with E-state index in [1.807, 2.05) is 6.92 Å². The zero-order valence-electron chi connectivity index (χ0n) is 17.2. The van der Waals surface area contributed by atoms with Crippen LogP contribution in [-0.4, -0.2) is 49.2 Å². The monoisotopic (exact) mass is 432 g/mol. The van der Waals surface area contributed by atoms with E-state index >= 15 is 0 Å². The number of amides is 1. The molecule has 0 atom stereocenters. The summed E-state index contributed by atoms with van der Waals surface area (Å²) in [5, 5.41) is 0. The van der Waals surface area contributed by atoms with Crippen LogP contribution in [0.3, 0.4) is 0 Å². The minimum absolute atomic E-state index is 0.143. The Morgan fingerprint density at radius 1 is 1.33 bits per heavy atom. The average molecular weight is 433 g/mol. The van der Waals surface area contributed by atoms with Crippen molar-refractivity contribution < 1.29 is 17.6 Å². The van der Waals surface area contributed by atoms with Crippen LogP contribution in [0.5, 0.6) is 0 Å². The first-order valence-corrected chi connectivity index (χ1v) is 11.0. The van der Waals surface area contributed by atoms with Crippen molar-refractivity contribution in [2.75, 3.05) is 20.6 Å². The Kier molecular flexibility index (Phi) is 6.64. The number of halogens is 1. The molecule has 0 radical (unpaired) electrons. The Bertz CT molecular complexity index is 1080. The number of nitrogens with one attached hydrogen (secondary N) is 1. The van der Waals surface area contributed by atoms with Gasteiger partial charge in [0.25, 0.3) is 10.2 Å². The molecule has 0 bridgehead atoms. The van der Waals surface area contributed by atoms with Crippen molar-refractivity contribution in [1.29, 1.82) is 0 Å². The number of aryl methyl sites for hydroxylation is 1. The summed E-state index contributed by atoms with van der Waals surface area (Å²) in [5.41, 5.74) is 3.86. The van der Waals surface area contributed by atoms with Crippen LogP contribution in [0.4, 0.5) is 4.39 Å². The third-order valence-corrected chi connectivity index (χ3v) is 6.60. The molecule has 1 aliphatic rings. The van der Waals surface area contributed by atoms with E-state index in [1.54, 1.807) is 29.3 Å². The molecule has 0 fully saturated rings. The van der Waals surface area contributed by atoms with Crippen molar-refractivity contribution in [2.24, 2.45) is 0 Å². The first kappa shape index (κ1) is 22.1. The number of carbonyl (C=O) groups excluding carboxylic acids is 1. The maximum Gasteiger partial charge on any atom is 0.279 e. The lowest BCUT2D eigenvalue weighted by Gasteiger charge is -2.30. The van der Waals surface area contributed by atoms with Gasteiger partial charge in [-0.2, -0.15) is 17.4 Å². The number of carbonyl (C=O) groups is 1. The molecule has 0 aliphatic carbocycles. The van der Waals surface area contributed by atoms with Crippen molar-refractivity contribution >= 4 is 22.2 Å². The molecule has 2 heterocycles. The summed E-state index contributed by atoms with van der Waals surface area (Å²) >= 11 is 0. The summed E-state index contributed by atoms with van der Waals surface area (Å²) in [4.78, 5) is 18.6. The molecular formula is C21H25FN4O3S. The van der Waals surface area contributed by atoms with Crippen LogP contribution in [0.2, 0.25) is 0 Å². The summed E-state index contributed by atoms with van der Waals surface area (Å²) in [6.07, 6.45) is 5.17. The number of rotatable bonds is 6. The fraction of sp³-hybridized carbons (Fsp3) is 0.333. The van der Waals surface area contributed by atoms with Crippen molar-refractivity contribution in [3.8, 4) is 0 Å². The molecule has 0 unspecified atom stereocenters. The molecule has 9 heteroatoms. The maximum atomic E-state index is 13.7. The third kappa shape index (κ3) is 4.92. The molecule has 160 valence electrons. The molecule has 3 rings (SSSR count). The highest BCUT2D eigenvalue weighted by Gasteiger charge is 2.24. The van der Waals surface area contributed by atoms with Crippen LogP contribution < -0.4 is 4.72 Å². The van der Waals surface area contributed by atoms with E-state index < -0.39 is 10.2 Å². The zero-order chi connectivity index (χ0) is 21.9. The molecule has 1 N–H and O–H groups in total. The minimum atomic E-state index is -3.55. The summed E-state index contributed by atoms with van der Waals surface area (Å²) in [5.74, 6) is -0.589. The van der Waals surface area contributed by atoms with E-state index in [0.717, 1.165) is 26.7 Å².